The second-order valence-electron chi connectivity index (χ2n) is 4.64. The van der Waals surface area contributed by atoms with E-state index in [1.54, 1.807) is 18.2 Å². The Bertz CT molecular complexity index is 673. The monoisotopic (exact) mass is 366 g/mol. The van der Waals surface area contributed by atoms with Gasteiger partial charge in [-0.15, -0.1) is 0 Å². The molecule has 2 aromatic rings. The summed E-state index contributed by atoms with van der Waals surface area (Å²) in [4.78, 5) is 12.3. The molecule has 0 fully saturated rings. The van der Waals surface area contributed by atoms with Gasteiger partial charge in [0.1, 0.15) is 0 Å². The van der Waals surface area contributed by atoms with E-state index in [1.165, 1.54) is 0 Å². The fourth-order valence-electron chi connectivity index (χ4n) is 1.98. The topological polar surface area (TPSA) is 41.1 Å². The van der Waals surface area contributed by atoms with E-state index in [4.69, 9.17) is 11.6 Å². The molecular formula is C16H16BrClN2O. The normalized spacial score (nSPS) is 10.3. The van der Waals surface area contributed by atoms with Crippen molar-refractivity contribution < 1.29 is 4.79 Å². The lowest BCUT2D eigenvalue weighted by molar-refractivity contribution is 0.102. The lowest BCUT2D eigenvalue weighted by Crippen LogP contribution is -2.13. The van der Waals surface area contributed by atoms with Crippen LogP contribution in [-0.2, 0) is 0 Å². The Morgan fingerprint density at radius 1 is 1.19 bits per heavy atom. The van der Waals surface area contributed by atoms with Crippen molar-refractivity contribution in [3.63, 3.8) is 0 Å². The summed E-state index contributed by atoms with van der Waals surface area (Å²) in [5.41, 5.74) is 3.40. The fourth-order valence-corrected chi connectivity index (χ4v) is 2.76. The Labute approximate surface area is 137 Å². The van der Waals surface area contributed by atoms with Crippen molar-refractivity contribution in [1.29, 1.82) is 0 Å². The molecule has 0 bridgehead atoms. The zero-order valence-electron chi connectivity index (χ0n) is 11.8. The maximum atomic E-state index is 12.3. The van der Waals surface area contributed by atoms with Crippen LogP contribution in [0.4, 0.5) is 11.4 Å². The van der Waals surface area contributed by atoms with Crippen LogP contribution >= 0.6 is 27.5 Å². The number of benzene rings is 2. The molecule has 0 saturated carbocycles. The van der Waals surface area contributed by atoms with Crippen LogP contribution in [0.3, 0.4) is 0 Å². The van der Waals surface area contributed by atoms with Crippen LogP contribution in [0.5, 0.6) is 0 Å². The zero-order chi connectivity index (χ0) is 15.4. The highest BCUT2D eigenvalue weighted by molar-refractivity contribution is 9.10. The molecule has 2 N–H and O–H groups in total. The highest BCUT2D eigenvalue weighted by atomic mass is 79.9. The molecule has 0 aromatic heterocycles. The van der Waals surface area contributed by atoms with Crippen molar-refractivity contribution in [3.05, 3.63) is 57.0 Å². The predicted molar refractivity (Wildman–Crippen MR) is 92.4 cm³/mol. The molecule has 3 nitrogen and oxygen atoms in total. The van der Waals surface area contributed by atoms with Gasteiger partial charge in [0.2, 0.25) is 0 Å². The van der Waals surface area contributed by atoms with Gasteiger partial charge >= 0.3 is 0 Å². The summed E-state index contributed by atoms with van der Waals surface area (Å²) in [5, 5.41) is 6.74. The van der Waals surface area contributed by atoms with E-state index in [0.29, 0.717) is 16.3 Å². The number of carbonyl (C=O) groups is 1. The highest BCUT2D eigenvalue weighted by Gasteiger charge is 2.10. The van der Waals surface area contributed by atoms with Gasteiger partial charge in [0.15, 0.2) is 0 Å². The number of hydrogen-bond acceptors (Lipinski definition) is 2. The van der Waals surface area contributed by atoms with E-state index >= 15 is 0 Å². The number of anilines is 2. The van der Waals surface area contributed by atoms with Crippen LogP contribution in [0.2, 0.25) is 5.02 Å². The molecule has 1 amide bonds. The van der Waals surface area contributed by atoms with Crippen LogP contribution in [0.1, 0.15) is 22.8 Å². The van der Waals surface area contributed by atoms with Gasteiger partial charge in [-0.1, -0.05) is 11.6 Å². The summed E-state index contributed by atoms with van der Waals surface area (Å²) in [6, 6.07) is 10.9. The molecule has 0 aliphatic rings. The number of aryl methyl sites for hydroxylation is 1. The van der Waals surface area contributed by atoms with Gasteiger partial charge in [-0.25, -0.2) is 0 Å². The molecule has 0 radical (unpaired) electrons. The van der Waals surface area contributed by atoms with Gasteiger partial charge in [-0.05, 0) is 71.7 Å². The van der Waals surface area contributed by atoms with Crippen LogP contribution in [0, 0.1) is 6.92 Å². The number of halogens is 2. The summed E-state index contributed by atoms with van der Waals surface area (Å²) in [6.45, 7) is 4.87. The second kappa shape index (κ2) is 6.96. The third-order valence-electron chi connectivity index (χ3n) is 3.04. The minimum atomic E-state index is -0.149. The van der Waals surface area contributed by atoms with E-state index in [-0.39, 0.29) is 5.91 Å². The standard InChI is InChI=1S/C16H16BrClN2O/c1-3-19-14-6-4-11(8-10(14)2)16(21)20-15-7-5-12(18)9-13(15)17/h4-9,19H,3H2,1-2H3,(H,20,21). The lowest BCUT2D eigenvalue weighted by Gasteiger charge is -2.11. The molecule has 0 aliphatic heterocycles. The molecule has 0 heterocycles. The highest BCUT2D eigenvalue weighted by Crippen LogP contribution is 2.26. The number of rotatable bonds is 4. The van der Waals surface area contributed by atoms with E-state index in [9.17, 15) is 4.79 Å². The summed E-state index contributed by atoms with van der Waals surface area (Å²) < 4.78 is 0.754. The van der Waals surface area contributed by atoms with Gasteiger partial charge in [-0.2, -0.15) is 0 Å². The van der Waals surface area contributed by atoms with Gasteiger partial charge in [0.25, 0.3) is 5.91 Å². The first-order chi connectivity index (χ1) is 10.0. The number of carbonyl (C=O) groups excluding carboxylic acids is 1. The summed E-state index contributed by atoms with van der Waals surface area (Å²) in [6.07, 6.45) is 0. The predicted octanol–water partition coefficient (Wildman–Crippen LogP) is 5.10. The molecule has 0 spiro atoms. The minimum absolute atomic E-state index is 0.149. The number of nitrogens with one attached hydrogen (secondary N) is 2. The summed E-state index contributed by atoms with van der Waals surface area (Å²) in [5.74, 6) is -0.149. The van der Waals surface area contributed by atoms with E-state index in [0.717, 1.165) is 22.3 Å². The molecule has 0 unspecified atom stereocenters. The molecule has 5 heteroatoms. The van der Waals surface area contributed by atoms with Crippen molar-refractivity contribution in [2.45, 2.75) is 13.8 Å². The Morgan fingerprint density at radius 3 is 2.52 bits per heavy atom. The molecule has 0 saturated heterocycles. The van der Waals surface area contributed by atoms with Crippen LogP contribution in [0.15, 0.2) is 40.9 Å². The number of hydrogen-bond donors (Lipinski definition) is 2. The first kappa shape index (κ1) is 15.9. The van der Waals surface area contributed by atoms with Gasteiger partial charge in [0, 0.05) is 27.3 Å². The van der Waals surface area contributed by atoms with Crippen molar-refractivity contribution in [1.82, 2.24) is 0 Å². The van der Waals surface area contributed by atoms with Crippen LogP contribution in [0.25, 0.3) is 0 Å². The lowest BCUT2D eigenvalue weighted by atomic mass is 10.1. The van der Waals surface area contributed by atoms with Gasteiger partial charge in [0.05, 0.1) is 5.69 Å². The summed E-state index contributed by atoms with van der Waals surface area (Å²) in [7, 11) is 0. The average molecular weight is 368 g/mol. The van der Waals surface area contributed by atoms with Crippen molar-refractivity contribution >= 4 is 44.8 Å². The second-order valence-corrected chi connectivity index (χ2v) is 5.93. The molecular weight excluding hydrogens is 352 g/mol. The molecule has 21 heavy (non-hydrogen) atoms. The smallest absolute Gasteiger partial charge is 0.255 e. The first-order valence-corrected chi connectivity index (χ1v) is 7.79. The van der Waals surface area contributed by atoms with Crippen LogP contribution in [-0.4, -0.2) is 12.5 Å². The van der Waals surface area contributed by atoms with Crippen LogP contribution < -0.4 is 10.6 Å². The minimum Gasteiger partial charge on any atom is -0.385 e. The van der Waals surface area contributed by atoms with Gasteiger partial charge < -0.3 is 10.6 Å². The largest absolute Gasteiger partial charge is 0.385 e. The zero-order valence-corrected chi connectivity index (χ0v) is 14.2. The fraction of sp³-hybridized carbons (Fsp3) is 0.188. The maximum absolute atomic E-state index is 12.3. The van der Waals surface area contributed by atoms with Gasteiger partial charge in [-0.3, -0.25) is 4.79 Å². The Balaban J connectivity index is 2.18. The Morgan fingerprint density at radius 2 is 1.90 bits per heavy atom. The SMILES string of the molecule is CCNc1ccc(C(=O)Nc2ccc(Cl)cc2Br)cc1C. The molecule has 0 aliphatic carbocycles. The van der Waals surface area contributed by atoms with E-state index < -0.39 is 0 Å². The third-order valence-corrected chi connectivity index (χ3v) is 3.93. The van der Waals surface area contributed by atoms with E-state index in [1.807, 2.05) is 32.0 Å². The average Bonchev–Trinajstić information content (AvgIpc) is 2.44. The summed E-state index contributed by atoms with van der Waals surface area (Å²) >= 11 is 9.27. The van der Waals surface area contributed by atoms with Crippen molar-refractivity contribution in [3.8, 4) is 0 Å². The van der Waals surface area contributed by atoms with Crippen molar-refractivity contribution in [2.24, 2.45) is 0 Å². The molecule has 2 rings (SSSR count). The first-order valence-electron chi connectivity index (χ1n) is 6.62. The quantitative estimate of drug-likeness (QED) is 0.790. The third kappa shape index (κ3) is 3.99. The molecule has 2 aromatic carbocycles. The van der Waals surface area contributed by atoms with E-state index in [2.05, 4.69) is 26.6 Å². The Kier molecular flexibility index (Phi) is 5.26. The maximum Gasteiger partial charge on any atom is 0.255 e. The Hall–Kier alpha value is -1.52. The molecule has 0 atom stereocenters. The van der Waals surface area contributed by atoms with Crippen molar-refractivity contribution in [2.75, 3.05) is 17.2 Å². The number of amides is 1. The molecule has 110 valence electrons.